The van der Waals surface area contributed by atoms with Gasteiger partial charge in [0.1, 0.15) is 14.8 Å². The minimum atomic E-state index is -4.45. The van der Waals surface area contributed by atoms with Crippen molar-refractivity contribution in [3.63, 3.8) is 0 Å². The van der Waals surface area contributed by atoms with Crippen molar-refractivity contribution in [2.45, 2.75) is 17.2 Å². The minimum absolute atomic E-state index is 0.0180. The fraction of sp³-hybridized carbons (Fsp3) is 0.208. The molecule has 200 valence electrons. The van der Waals surface area contributed by atoms with Gasteiger partial charge in [-0.2, -0.15) is 4.57 Å². The van der Waals surface area contributed by atoms with Crippen molar-refractivity contribution in [2.24, 2.45) is 0 Å². The second-order valence-electron chi connectivity index (χ2n) is 8.48. The molecule has 0 saturated heterocycles. The molecule has 0 radical (unpaired) electrons. The van der Waals surface area contributed by atoms with E-state index in [0.29, 0.717) is 10.9 Å². The van der Waals surface area contributed by atoms with Crippen molar-refractivity contribution in [1.82, 2.24) is 0 Å². The van der Waals surface area contributed by atoms with Crippen LogP contribution >= 0.6 is 46.0 Å². The van der Waals surface area contributed by atoms with E-state index in [1.165, 1.54) is 34.4 Å². The molecule has 1 aliphatic heterocycles. The Balaban J connectivity index is 1.57. The molecule has 0 spiro atoms. The van der Waals surface area contributed by atoms with Crippen LogP contribution in [0.15, 0.2) is 63.8 Å². The van der Waals surface area contributed by atoms with Crippen molar-refractivity contribution in [3.8, 4) is 11.1 Å². The molecule has 0 saturated carbocycles. The van der Waals surface area contributed by atoms with Gasteiger partial charge in [-0.25, -0.2) is 16.8 Å². The summed E-state index contributed by atoms with van der Waals surface area (Å²) >= 11 is 10.5. The summed E-state index contributed by atoms with van der Waals surface area (Å²) in [7, 11) is -8.81. The van der Waals surface area contributed by atoms with Gasteiger partial charge in [-0.05, 0) is 29.7 Å². The maximum absolute atomic E-state index is 11.5. The van der Waals surface area contributed by atoms with Crippen LogP contribution in [-0.2, 0) is 26.8 Å². The van der Waals surface area contributed by atoms with E-state index < -0.39 is 31.7 Å². The molecule has 3 heterocycles. The molecule has 1 aliphatic rings. The number of nitrogens with zero attached hydrogens (tertiary/aromatic N) is 2. The van der Waals surface area contributed by atoms with Gasteiger partial charge in [-0.3, -0.25) is 0 Å². The summed E-state index contributed by atoms with van der Waals surface area (Å²) in [6.07, 6.45) is 2.04. The molecular weight excluding hydrogens is 608 g/mol. The van der Waals surface area contributed by atoms with Crippen molar-refractivity contribution in [3.05, 3.63) is 69.0 Å². The second kappa shape index (κ2) is 10.9. The fourth-order valence-electron chi connectivity index (χ4n) is 4.16. The van der Waals surface area contributed by atoms with Crippen LogP contribution in [0.1, 0.15) is 11.4 Å². The van der Waals surface area contributed by atoms with Gasteiger partial charge in [0.05, 0.1) is 41.2 Å². The molecule has 0 bridgehead atoms. The van der Waals surface area contributed by atoms with Gasteiger partial charge in [0, 0.05) is 18.4 Å². The first kappa shape index (κ1) is 27.6. The summed E-state index contributed by atoms with van der Waals surface area (Å²) in [6, 6.07) is 17.5. The van der Waals surface area contributed by atoms with E-state index in [-0.39, 0.29) is 13.0 Å². The number of aryl methyl sites for hydroxylation is 1. The average Bonchev–Trinajstić information content (AvgIpc) is 3.47. The molecule has 38 heavy (non-hydrogen) atoms. The number of rotatable bonds is 9. The molecule has 0 amide bonds. The van der Waals surface area contributed by atoms with Crippen LogP contribution in [0.2, 0.25) is 4.34 Å². The van der Waals surface area contributed by atoms with Crippen LogP contribution in [0.5, 0.6) is 0 Å². The van der Waals surface area contributed by atoms with Gasteiger partial charge in [-0.1, -0.05) is 71.1 Å². The number of halogens is 1. The van der Waals surface area contributed by atoms with Crippen LogP contribution < -0.4 is 9.47 Å². The van der Waals surface area contributed by atoms with Crippen LogP contribution in [0.4, 0.5) is 5.69 Å². The van der Waals surface area contributed by atoms with Gasteiger partial charge >= 0.3 is 0 Å². The number of aromatic nitrogens is 1. The van der Waals surface area contributed by atoms with Crippen LogP contribution in [0.3, 0.4) is 0 Å². The van der Waals surface area contributed by atoms with E-state index in [0.717, 1.165) is 41.3 Å². The highest BCUT2D eigenvalue weighted by Gasteiger charge is 2.30. The largest absolute Gasteiger partial charge is 0.748 e. The number of thiophene rings is 1. The molecule has 0 aliphatic carbocycles. The number of anilines is 1. The number of fused-ring (bicyclic) bond motifs is 2. The second-order valence-corrected chi connectivity index (χ2v) is 15.6. The highest BCUT2D eigenvalue weighted by molar-refractivity contribution is 8.05. The van der Waals surface area contributed by atoms with Gasteiger partial charge in [0.15, 0.2) is 6.54 Å². The Kier molecular flexibility index (Phi) is 7.91. The Morgan fingerprint density at radius 3 is 2.37 bits per heavy atom. The molecule has 5 rings (SSSR count). The fourth-order valence-corrected chi connectivity index (χ4v) is 8.95. The molecule has 8 nitrogen and oxygen atoms in total. The molecule has 0 atom stereocenters. The number of thioether (sulfide) groups is 1. The average molecular weight is 628 g/mol. The number of thiazole rings is 1. The van der Waals surface area contributed by atoms with Crippen molar-refractivity contribution < 1.29 is 30.5 Å². The molecule has 14 heteroatoms. The lowest BCUT2D eigenvalue weighted by Crippen LogP contribution is -2.38. The number of hydrogen-bond acceptors (Lipinski definition) is 10. The first-order valence-electron chi connectivity index (χ1n) is 11.3. The minimum Gasteiger partial charge on any atom is -0.748 e. The van der Waals surface area contributed by atoms with E-state index in [2.05, 4.69) is 0 Å². The highest BCUT2D eigenvalue weighted by Crippen LogP contribution is 2.52. The SMILES string of the molecule is O=S(=O)([O-])CCCN1C(=Cc2sc3ccc(-c4ccccc4)cc3[n+]2CCS(=O)(=O)[O-])Sc2sc(Cl)cc21. The lowest BCUT2D eigenvalue weighted by Gasteiger charge is -2.20. The first-order valence-corrected chi connectivity index (χ1v) is 17.3. The summed E-state index contributed by atoms with van der Waals surface area (Å²) in [5.41, 5.74) is 3.61. The number of benzene rings is 2. The van der Waals surface area contributed by atoms with E-state index in [9.17, 15) is 25.9 Å². The standard InChI is InChI=1S/C24H21ClN2O6S5/c25-21-14-19-24(35-21)36-23(26(19)9-4-11-37(28,29)30)15-22-27(10-12-38(31,32)33)18-13-17(7-8-20(18)34-22)16-5-2-1-3-6-16/h1-3,5-8,13-15H,4,9-12H2,(H-,28,29,30,31,32,33)/p-1. The van der Waals surface area contributed by atoms with E-state index in [4.69, 9.17) is 11.6 Å². The lowest BCUT2D eigenvalue weighted by atomic mass is 10.1. The third-order valence-corrected chi connectivity index (χ3v) is 10.9. The smallest absolute Gasteiger partial charge is 0.265 e. The predicted molar refractivity (Wildman–Crippen MR) is 152 cm³/mol. The molecule has 2 aromatic heterocycles. The normalized spacial score (nSPS) is 15.0. The molecule has 4 aromatic rings. The summed E-state index contributed by atoms with van der Waals surface area (Å²) in [6.45, 7) is 0.272. The highest BCUT2D eigenvalue weighted by atomic mass is 35.5. The predicted octanol–water partition coefficient (Wildman–Crippen LogP) is 4.96. The third-order valence-electron chi connectivity index (χ3n) is 5.83. The third kappa shape index (κ3) is 6.42. The van der Waals surface area contributed by atoms with Crippen LogP contribution in [0.25, 0.3) is 27.4 Å². The van der Waals surface area contributed by atoms with Crippen molar-refractivity contribution in [1.29, 1.82) is 0 Å². The lowest BCUT2D eigenvalue weighted by molar-refractivity contribution is -0.664. The van der Waals surface area contributed by atoms with E-state index in [1.807, 2.05) is 64.1 Å². The zero-order valence-corrected chi connectivity index (χ0v) is 24.4. The zero-order chi connectivity index (χ0) is 27.1. The Hall–Kier alpha value is -1.97. The summed E-state index contributed by atoms with van der Waals surface area (Å²) < 4.78 is 72.3. The number of hydrogen-bond donors (Lipinski definition) is 0. The zero-order valence-electron chi connectivity index (χ0n) is 19.6. The Labute approximate surface area is 237 Å². The summed E-state index contributed by atoms with van der Waals surface area (Å²) in [5, 5.41) is 1.53. The van der Waals surface area contributed by atoms with E-state index in [1.54, 1.807) is 6.07 Å². The van der Waals surface area contributed by atoms with Crippen molar-refractivity contribution >= 4 is 88.3 Å². The maximum Gasteiger partial charge on any atom is 0.265 e. The Bertz CT molecular complexity index is 1750. The summed E-state index contributed by atoms with van der Waals surface area (Å²) in [5.74, 6) is -1.04. The van der Waals surface area contributed by atoms with Gasteiger partial charge in [0.25, 0.3) is 5.01 Å². The monoisotopic (exact) mass is 627 g/mol. The maximum atomic E-state index is 11.5. The Morgan fingerprint density at radius 2 is 1.66 bits per heavy atom. The van der Waals surface area contributed by atoms with E-state index >= 15 is 0 Å². The molecular formula is C24H20ClN2O6S5-. The van der Waals surface area contributed by atoms with Crippen LogP contribution in [0, 0.1) is 0 Å². The van der Waals surface area contributed by atoms with Gasteiger partial charge < -0.3 is 14.0 Å². The molecule has 0 fully saturated rings. The van der Waals surface area contributed by atoms with Gasteiger partial charge in [-0.15, -0.1) is 11.3 Å². The first-order chi connectivity index (χ1) is 18.0. The van der Waals surface area contributed by atoms with Crippen molar-refractivity contribution in [2.75, 3.05) is 23.0 Å². The Morgan fingerprint density at radius 1 is 0.921 bits per heavy atom. The molecule has 0 unspecified atom stereocenters. The molecule has 2 aromatic carbocycles. The summed E-state index contributed by atoms with van der Waals surface area (Å²) in [4.78, 5) is 1.92. The topological polar surface area (TPSA) is 122 Å². The van der Waals surface area contributed by atoms with Gasteiger partial charge in [0.2, 0.25) is 5.52 Å². The quantitative estimate of drug-likeness (QED) is 0.189. The molecule has 0 N–H and O–H groups in total. The van der Waals surface area contributed by atoms with Crippen LogP contribution in [-0.4, -0.2) is 44.0 Å².